The summed E-state index contributed by atoms with van der Waals surface area (Å²) in [5.74, 6) is 0. The van der Waals surface area contributed by atoms with Gasteiger partial charge in [0.05, 0.1) is 35.0 Å². The number of rotatable bonds is 5. The second kappa shape index (κ2) is 9.72. The van der Waals surface area contributed by atoms with Crippen LogP contribution < -0.4 is 21.3 Å². The molecule has 0 aliphatic carbocycles. The first-order valence-corrected chi connectivity index (χ1v) is 11.0. The van der Waals surface area contributed by atoms with Gasteiger partial charge in [0.15, 0.2) is 0 Å². The number of carbonyl (C=O) groups excluding carboxylic acids is 1. The third kappa shape index (κ3) is 6.09. The van der Waals surface area contributed by atoms with E-state index in [-0.39, 0.29) is 13.0 Å². The Morgan fingerprint density at radius 1 is 1.38 bits per heavy atom. The van der Waals surface area contributed by atoms with Gasteiger partial charge in [-0.25, -0.2) is 14.2 Å². The van der Waals surface area contributed by atoms with E-state index in [1.807, 2.05) is 11.0 Å². The van der Waals surface area contributed by atoms with Crippen LogP contribution in [0.1, 0.15) is 32.9 Å². The predicted molar refractivity (Wildman–Crippen MR) is 128 cm³/mol. The number of nitrogens with one attached hydrogen (secondary N) is 2. The number of carbonyl (C=O) groups is 1. The Balaban J connectivity index is 1.76. The van der Waals surface area contributed by atoms with Gasteiger partial charge < -0.3 is 26.0 Å². The molecule has 0 aromatic carbocycles. The SMILES string of the molecule is C=C(Nc1cnccc1N1CC[C@@H](F)[C@H](NC(=O)OC(C)(C)C)C1)c1nc(Br)ccc1N. The smallest absolute Gasteiger partial charge is 0.408 e. The lowest BCUT2D eigenvalue weighted by Gasteiger charge is -2.37. The van der Waals surface area contributed by atoms with Gasteiger partial charge in [0.2, 0.25) is 0 Å². The quantitative estimate of drug-likeness (QED) is 0.517. The maximum Gasteiger partial charge on any atom is 0.408 e. The van der Waals surface area contributed by atoms with Crippen LogP contribution in [0.5, 0.6) is 0 Å². The van der Waals surface area contributed by atoms with E-state index >= 15 is 0 Å². The predicted octanol–water partition coefficient (Wildman–Crippen LogP) is 4.35. The van der Waals surface area contributed by atoms with E-state index in [2.05, 4.69) is 43.1 Å². The molecule has 0 saturated carbocycles. The zero-order valence-electron chi connectivity index (χ0n) is 18.4. The van der Waals surface area contributed by atoms with Gasteiger partial charge >= 0.3 is 6.09 Å². The number of nitrogen functional groups attached to an aromatic ring is 1. The van der Waals surface area contributed by atoms with E-state index in [9.17, 15) is 9.18 Å². The van der Waals surface area contributed by atoms with Crippen molar-refractivity contribution in [2.75, 3.05) is 29.0 Å². The minimum absolute atomic E-state index is 0.267. The Morgan fingerprint density at radius 2 is 2.12 bits per heavy atom. The van der Waals surface area contributed by atoms with Crippen LogP contribution in [0.2, 0.25) is 0 Å². The van der Waals surface area contributed by atoms with E-state index in [0.717, 1.165) is 5.69 Å². The molecular weight excluding hydrogens is 479 g/mol. The molecule has 0 bridgehead atoms. The van der Waals surface area contributed by atoms with E-state index in [4.69, 9.17) is 10.5 Å². The van der Waals surface area contributed by atoms with Gasteiger partial charge in [0, 0.05) is 19.3 Å². The van der Waals surface area contributed by atoms with Crippen LogP contribution in [0.4, 0.5) is 26.2 Å². The summed E-state index contributed by atoms with van der Waals surface area (Å²) in [6.45, 7) is 10.1. The van der Waals surface area contributed by atoms with Gasteiger partial charge in [0.1, 0.15) is 22.1 Å². The molecule has 172 valence electrons. The molecular formula is C22H28BrFN6O2. The molecule has 1 saturated heterocycles. The summed E-state index contributed by atoms with van der Waals surface area (Å²) < 4.78 is 20.5. The number of piperidine rings is 1. The highest BCUT2D eigenvalue weighted by atomic mass is 79.9. The first-order valence-electron chi connectivity index (χ1n) is 10.2. The number of nitrogens with two attached hydrogens (primary N) is 1. The van der Waals surface area contributed by atoms with Crippen LogP contribution in [-0.2, 0) is 4.74 Å². The molecule has 1 aliphatic rings. The molecule has 1 fully saturated rings. The van der Waals surface area contributed by atoms with Gasteiger partial charge in [-0.3, -0.25) is 4.98 Å². The molecule has 8 nitrogen and oxygen atoms in total. The van der Waals surface area contributed by atoms with E-state index < -0.39 is 23.9 Å². The van der Waals surface area contributed by atoms with Gasteiger partial charge in [0.25, 0.3) is 0 Å². The molecule has 0 unspecified atom stereocenters. The minimum Gasteiger partial charge on any atom is -0.444 e. The van der Waals surface area contributed by atoms with E-state index in [1.165, 1.54) is 0 Å². The zero-order chi connectivity index (χ0) is 23.5. The Kier molecular flexibility index (Phi) is 7.22. The fourth-order valence-corrected chi connectivity index (χ4v) is 3.72. The Hall–Kier alpha value is -2.88. The summed E-state index contributed by atoms with van der Waals surface area (Å²) in [5, 5.41) is 5.88. The highest BCUT2D eigenvalue weighted by Crippen LogP contribution is 2.31. The second-order valence-electron chi connectivity index (χ2n) is 8.57. The van der Waals surface area contributed by atoms with E-state index in [1.54, 1.807) is 45.3 Å². The average Bonchev–Trinajstić information content (AvgIpc) is 2.70. The standard InChI is InChI=1S/C22H28BrFN6O2/c1-13(20-15(25)5-6-19(23)29-20)27-16-11-26-9-7-18(16)30-10-8-14(24)17(12-30)28-21(31)32-22(2,3)4/h5-7,9,11,14,17,27H,1,8,10,12,25H2,2-4H3,(H,28,31)/t14-,17-/m1/s1. The first kappa shape index (κ1) is 23.8. The third-order valence-corrected chi connectivity index (χ3v) is 5.27. The number of alkyl halides is 1. The number of aromatic nitrogens is 2. The first-order chi connectivity index (χ1) is 15.0. The average molecular weight is 507 g/mol. The van der Waals surface area contributed by atoms with Crippen LogP contribution in [-0.4, -0.2) is 47.0 Å². The van der Waals surface area contributed by atoms with Crippen molar-refractivity contribution < 1.29 is 13.9 Å². The topological polar surface area (TPSA) is 105 Å². The molecule has 0 radical (unpaired) electrons. The van der Waals surface area contributed by atoms with Crippen LogP contribution in [0.15, 0.2) is 41.8 Å². The summed E-state index contributed by atoms with van der Waals surface area (Å²) in [5.41, 5.74) is 8.36. The Morgan fingerprint density at radius 3 is 2.84 bits per heavy atom. The van der Waals surface area contributed by atoms with Crippen molar-refractivity contribution in [1.29, 1.82) is 0 Å². The molecule has 32 heavy (non-hydrogen) atoms. The summed E-state index contributed by atoms with van der Waals surface area (Å²) >= 11 is 3.34. The molecule has 4 N–H and O–H groups in total. The number of alkyl carbamates (subject to hydrolysis) is 1. The number of hydrogen-bond donors (Lipinski definition) is 3. The van der Waals surface area contributed by atoms with Crippen molar-refractivity contribution in [2.24, 2.45) is 0 Å². The van der Waals surface area contributed by atoms with Crippen molar-refractivity contribution in [3.05, 3.63) is 47.5 Å². The van der Waals surface area contributed by atoms with Crippen molar-refractivity contribution in [3.8, 4) is 0 Å². The lowest BCUT2D eigenvalue weighted by atomic mass is 10.0. The molecule has 1 amide bonds. The molecule has 10 heteroatoms. The summed E-state index contributed by atoms with van der Waals surface area (Å²) in [7, 11) is 0. The monoisotopic (exact) mass is 506 g/mol. The van der Waals surface area contributed by atoms with Crippen molar-refractivity contribution in [2.45, 2.75) is 45.0 Å². The lowest BCUT2D eigenvalue weighted by molar-refractivity contribution is 0.0466. The van der Waals surface area contributed by atoms with Gasteiger partial charge in [-0.2, -0.15) is 0 Å². The van der Waals surface area contributed by atoms with Crippen LogP contribution >= 0.6 is 15.9 Å². The maximum atomic E-state index is 14.6. The normalized spacial score (nSPS) is 18.7. The summed E-state index contributed by atoms with van der Waals surface area (Å²) in [4.78, 5) is 22.7. The third-order valence-electron chi connectivity index (χ3n) is 4.83. The van der Waals surface area contributed by atoms with Gasteiger partial charge in [-0.15, -0.1) is 0 Å². The molecule has 2 aromatic rings. The van der Waals surface area contributed by atoms with Crippen LogP contribution in [0, 0.1) is 0 Å². The van der Waals surface area contributed by atoms with Crippen molar-refractivity contribution in [3.63, 3.8) is 0 Å². The molecule has 2 atom stereocenters. The molecule has 1 aliphatic heterocycles. The highest BCUT2D eigenvalue weighted by Gasteiger charge is 2.32. The van der Waals surface area contributed by atoms with E-state index in [0.29, 0.717) is 33.9 Å². The summed E-state index contributed by atoms with van der Waals surface area (Å²) in [6.07, 6.45) is 1.78. The number of pyridine rings is 2. The van der Waals surface area contributed by atoms with Crippen LogP contribution in [0.25, 0.3) is 5.70 Å². The molecule has 3 rings (SSSR count). The number of halogens is 2. The second-order valence-corrected chi connectivity index (χ2v) is 9.38. The highest BCUT2D eigenvalue weighted by molar-refractivity contribution is 9.10. The Labute approximate surface area is 195 Å². The minimum atomic E-state index is -1.17. The number of hydrogen-bond acceptors (Lipinski definition) is 7. The molecule has 2 aromatic heterocycles. The van der Waals surface area contributed by atoms with Crippen molar-refractivity contribution >= 4 is 44.8 Å². The fourth-order valence-electron chi connectivity index (χ4n) is 3.41. The largest absolute Gasteiger partial charge is 0.444 e. The number of anilines is 3. The Bertz CT molecular complexity index is 997. The van der Waals surface area contributed by atoms with Crippen LogP contribution in [0.3, 0.4) is 0 Å². The number of amides is 1. The van der Waals surface area contributed by atoms with Gasteiger partial charge in [-0.1, -0.05) is 6.58 Å². The maximum absolute atomic E-state index is 14.6. The molecule has 0 spiro atoms. The number of ether oxygens (including phenoxy) is 1. The van der Waals surface area contributed by atoms with Gasteiger partial charge in [-0.05, 0) is 61.3 Å². The number of nitrogens with zero attached hydrogens (tertiary/aromatic N) is 3. The molecule has 3 heterocycles. The van der Waals surface area contributed by atoms with Crippen molar-refractivity contribution in [1.82, 2.24) is 15.3 Å². The summed E-state index contributed by atoms with van der Waals surface area (Å²) in [6, 6.07) is 4.62. The zero-order valence-corrected chi connectivity index (χ0v) is 19.9. The fraction of sp³-hybridized carbons (Fsp3) is 0.409. The lowest BCUT2D eigenvalue weighted by Crippen LogP contribution is -2.54.